The maximum atomic E-state index is 13.7. The van der Waals surface area contributed by atoms with Crippen LogP contribution in [0.25, 0.3) is 0 Å². The third-order valence-corrected chi connectivity index (χ3v) is 6.55. The van der Waals surface area contributed by atoms with Crippen LogP contribution < -0.4 is 0 Å². The van der Waals surface area contributed by atoms with E-state index >= 15 is 0 Å². The number of hydrogen-bond donors (Lipinski definition) is 0. The molecule has 0 unspecified atom stereocenters. The van der Waals surface area contributed by atoms with E-state index in [1.165, 1.54) is 11.1 Å². The molecule has 1 aromatic carbocycles. The molecular weight excluding hydrogens is 374 g/mol. The van der Waals surface area contributed by atoms with Crippen LogP contribution in [-0.4, -0.2) is 53.0 Å². The average molecular weight is 408 g/mol. The number of aromatic nitrogens is 1. The van der Waals surface area contributed by atoms with Gasteiger partial charge in [0.2, 0.25) is 5.91 Å². The lowest BCUT2D eigenvalue weighted by Crippen LogP contribution is -2.59. The summed E-state index contributed by atoms with van der Waals surface area (Å²) in [5.74, 6) is 0.296. The molecule has 2 saturated heterocycles. The molecule has 0 radical (unpaired) electrons. The van der Waals surface area contributed by atoms with Gasteiger partial charge in [-0.2, -0.15) is 0 Å². The van der Waals surface area contributed by atoms with Gasteiger partial charge in [-0.05, 0) is 56.8 Å². The Morgan fingerprint density at radius 2 is 2.00 bits per heavy atom. The summed E-state index contributed by atoms with van der Waals surface area (Å²) in [5, 5.41) is 0. The first kappa shape index (κ1) is 21.0. The second kappa shape index (κ2) is 9.27. The minimum absolute atomic E-state index is 0.105. The molecule has 160 valence electrons. The predicted octanol–water partition coefficient (Wildman–Crippen LogP) is 3.81. The topological polar surface area (TPSA) is 45.7 Å². The molecule has 0 aliphatic carbocycles. The van der Waals surface area contributed by atoms with E-state index in [-0.39, 0.29) is 11.5 Å². The van der Waals surface area contributed by atoms with Crippen LogP contribution in [0, 0.1) is 12.3 Å². The van der Waals surface area contributed by atoms with Crippen molar-refractivity contribution in [3.63, 3.8) is 0 Å². The van der Waals surface area contributed by atoms with E-state index in [0.29, 0.717) is 25.6 Å². The van der Waals surface area contributed by atoms with E-state index in [1.807, 2.05) is 42.3 Å². The van der Waals surface area contributed by atoms with Crippen molar-refractivity contribution in [3.8, 4) is 0 Å². The van der Waals surface area contributed by atoms with Crippen molar-refractivity contribution >= 4 is 5.91 Å². The number of carbonyl (C=O) groups excluding carboxylic acids is 1. The van der Waals surface area contributed by atoms with Gasteiger partial charge >= 0.3 is 0 Å². The number of rotatable bonds is 6. The van der Waals surface area contributed by atoms with E-state index in [1.54, 1.807) is 0 Å². The van der Waals surface area contributed by atoms with Crippen molar-refractivity contribution in [2.75, 3.05) is 26.2 Å². The van der Waals surface area contributed by atoms with E-state index < -0.39 is 0 Å². The van der Waals surface area contributed by atoms with E-state index in [9.17, 15) is 4.79 Å². The number of hydrogen-bond acceptors (Lipinski definition) is 4. The van der Waals surface area contributed by atoms with E-state index in [4.69, 9.17) is 4.74 Å². The van der Waals surface area contributed by atoms with Crippen molar-refractivity contribution in [2.24, 2.45) is 5.41 Å². The van der Waals surface area contributed by atoms with Crippen LogP contribution in [-0.2, 0) is 22.6 Å². The van der Waals surface area contributed by atoms with Gasteiger partial charge in [0.25, 0.3) is 0 Å². The molecule has 2 aliphatic heterocycles. The lowest BCUT2D eigenvalue weighted by molar-refractivity contribution is -0.161. The van der Waals surface area contributed by atoms with Gasteiger partial charge in [0.1, 0.15) is 0 Å². The Morgan fingerprint density at radius 3 is 2.77 bits per heavy atom. The molecular formula is C25H33N3O2. The number of aryl methyl sites for hydroxylation is 1. The number of carbonyl (C=O) groups is 1. The molecule has 2 aromatic rings. The van der Waals surface area contributed by atoms with Crippen LogP contribution in [0.15, 0.2) is 48.7 Å². The number of likely N-dealkylation sites (tertiary alicyclic amines) is 2. The van der Waals surface area contributed by atoms with E-state index in [0.717, 1.165) is 44.6 Å². The highest BCUT2D eigenvalue weighted by molar-refractivity contribution is 5.84. The summed E-state index contributed by atoms with van der Waals surface area (Å²) in [5.41, 5.74) is 3.15. The Bertz CT molecular complexity index is 856. The second-order valence-corrected chi connectivity index (χ2v) is 8.81. The highest BCUT2D eigenvalue weighted by Gasteiger charge is 2.49. The molecule has 3 heterocycles. The number of nitrogens with zero attached hydrogens (tertiary/aromatic N) is 3. The Hall–Kier alpha value is -2.24. The molecule has 1 aromatic heterocycles. The fourth-order valence-corrected chi connectivity index (χ4v) is 5.14. The zero-order valence-corrected chi connectivity index (χ0v) is 18.2. The third kappa shape index (κ3) is 4.57. The lowest BCUT2D eigenvalue weighted by atomic mass is 9.72. The predicted molar refractivity (Wildman–Crippen MR) is 118 cm³/mol. The van der Waals surface area contributed by atoms with Crippen molar-refractivity contribution in [1.82, 2.24) is 14.8 Å². The molecule has 1 amide bonds. The van der Waals surface area contributed by atoms with Crippen molar-refractivity contribution in [3.05, 3.63) is 65.5 Å². The first-order valence-electron chi connectivity index (χ1n) is 11.2. The van der Waals surface area contributed by atoms with Gasteiger partial charge in [-0.3, -0.25) is 14.7 Å². The van der Waals surface area contributed by atoms with Crippen LogP contribution in [0.2, 0.25) is 0 Å². The van der Waals surface area contributed by atoms with Crippen LogP contribution in [0.1, 0.15) is 43.0 Å². The first-order valence-corrected chi connectivity index (χ1v) is 11.2. The largest absolute Gasteiger partial charge is 0.377 e. The number of pyridine rings is 1. The monoisotopic (exact) mass is 407 g/mol. The highest BCUT2D eigenvalue weighted by Crippen LogP contribution is 2.41. The standard InChI is InChI=1S/C25H33N3O2/c1-3-30-22-15-25(24(29)28(17-22)16-21-10-5-4-6-11-21)12-8-14-27(19-25)18-23-20(2)9-7-13-26-23/h4-7,9-11,13,22H,3,8,12,14-19H2,1-2H3/t22-,25-/m0/s1. The Balaban J connectivity index is 1.54. The number of piperidine rings is 2. The molecule has 30 heavy (non-hydrogen) atoms. The van der Waals surface area contributed by atoms with Crippen molar-refractivity contribution < 1.29 is 9.53 Å². The zero-order valence-electron chi connectivity index (χ0n) is 18.2. The van der Waals surface area contributed by atoms with Gasteiger partial charge in [-0.15, -0.1) is 0 Å². The van der Waals surface area contributed by atoms with Crippen molar-refractivity contribution in [1.29, 1.82) is 0 Å². The summed E-state index contributed by atoms with van der Waals surface area (Å²) < 4.78 is 6.07. The molecule has 2 fully saturated rings. The van der Waals surface area contributed by atoms with Crippen LogP contribution >= 0.6 is 0 Å². The van der Waals surface area contributed by atoms with Gasteiger partial charge < -0.3 is 9.64 Å². The molecule has 2 aliphatic rings. The summed E-state index contributed by atoms with van der Waals surface area (Å²) in [4.78, 5) is 22.8. The second-order valence-electron chi connectivity index (χ2n) is 8.81. The van der Waals surface area contributed by atoms with Gasteiger partial charge in [0, 0.05) is 39.0 Å². The minimum atomic E-state index is -0.353. The summed E-state index contributed by atoms with van der Waals surface area (Å²) in [6.07, 6.45) is 4.77. The quantitative estimate of drug-likeness (QED) is 0.731. The van der Waals surface area contributed by atoms with Gasteiger partial charge in [0.15, 0.2) is 0 Å². The summed E-state index contributed by atoms with van der Waals surface area (Å²) in [6.45, 7) is 8.79. The van der Waals surface area contributed by atoms with Crippen LogP contribution in [0.4, 0.5) is 0 Å². The normalized spacial score (nSPS) is 25.1. The smallest absolute Gasteiger partial charge is 0.230 e. The summed E-state index contributed by atoms with van der Waals surface area (Å²) in [6, 6.07) is 14.4. The van der Waals surface area contributed by atoms with E-state index in [2.05, 4.69) is 35.0 Å². The third-order valence-electron chi connectivity index (χ3n) is 6.55. The number of benzene rings is 1. The molecule has 2 atom stereocenters. The fraction of sp³-hybridized carbons (Fsp3) is 0.520. The highest BCUT2D eigenvalue weighted by atomic mass is 16.5. The maximum Gasteiger partial charge on any atom is 0.230 e. The Labute approximate surface area is 180 Å². The molecule has 4 rings (SSSR count). The zero-order chi connectivity index (χ0) is 21.0. The van der Waals surface area contributed by atoms with Crippen LogP contribution in [0.5, 0.6) is 0 Å². The molecule has 5 heteroatoms. The maximum absolute atomic E-state index is 13.7. The van der Waals surface area contributed by atoms with Crippen molar-refractivity contribution in [2.45, 2.75) is 52.3 Å². The molecule has 0 bridgehead atoms. The molecule has 1 spiro atoms. The van der Waals surface area contributed by atoms with Gasteiger partial charge in [-0.1, -0.05) is 36.4 Å². The lowest BCUT2D eigenvalue weighted by Gasteiger charge is -2.49. The SMILES string of the molecule is CCO[C@@H]1CN(Cc2ccccc2)C(=O)[C@@]2(CCCN(Cc3ncccc3C)C2)C1. The molecule has 0 saturated carbocycles. The summed E-state index contributed by atoms with van der Waals surface area (Å²) in [7, 11) is 0. The fourth-order valence-electron chi connectivity index (χ4n) is 5.14. The van der Waals surface area contributed by atoms with Crippen LogP contribution in [0.3, 0.4) is 0 Å². The first-order chi connectivity index (χ1) is 14.6. The Kier molecular flexibility index (Phi) is 6.49. The number of ether oxygens (including phenoxy) is 1. The minimum Gasteiger partial charge on any atom is -0.377 e. The molecule has 0 N–H and O–H groups in total. The molecule has 5 nitrogen and oxygen atoms in total. The Morgan fingerprint density at radius 1 is 1.17 bits per heavy atom. The summed E-state index contributed by atoms with van der Waals surface area (Å²) >= 11 is 0. The number of amides is 1. The van der Waals surface area contributed by atoms with Gasteiger partial charge in [0.05, 0.1) is 17.2 Å². The van der Waals surface area contributed by atoms with Gasteiger partial charge in [-0.25, -0.2) is 0 Å². The average Bonchev–Trinajstić information content (AvgIpc) is 2.75.